The summed E-state index contributed by atoms with van der Waals surface area (Å²) >= 11 is 0. The lowest BCUT2D eigenvalue weighted by Gasteiger charge is -2.49. The molecule has 11 heteroatoms. The van der Waals surface area contributed by atoms with Gasteiger partial charge in [0.15, 0.2) is 5.82 Å². The van der Waals surface area contributed by atoms with Gasteiger partial charge in [-0.15, -0.1) is 5.10 Å². The van der Waals surface area contributed by atoms with Gasteiger partial charge in [-0.2, -0.15) is 0 Å². The Balaban J connectivity index is 1.67. The zero-order valence-corrected chi connectivity index (χ0v) is 16.6. The minimum atomic E-state index is -0.482. The van der Waals surface area contributed by atoms with Crippen LogP contribution in [-0.2, 0) is 21.6 Å². The predicted molar refractivity (Wildman–Crippen MR) is 101 cm³/mol. The third-order valence-corrected chi connectivity index (χ3v) is 5.59. The van der Waals surface area contributed by atoms with E-state index in [-0.39, 0.29) is 11.7 Å². The summed E-state index contributed by atoms with van der Waals surface area (Å²) in [7, 11) is 1.66. The molecule has 1 amide bonds. The first-order valence-corrected chi connectivity index (χ1v) is 9.89. The molecule has 0 aliphatic carbocycles. The Hall–Kier alpha value is -2.50. The van der Waals surface area contributed by atoms with Crippen LogP contribution in [0.25, 0.3) is 0 Å². The van der Waals surface area contributed by atoms with Crippen molar-refractivity contribution < 1.29 is 14.3 Å². The summed E-state index contributed by atoms with van der Waals surface area (Å²) in [4.78, 5) is 25.5. The second-order valence-electron chi connectivity index (χ2n) is 7.25. The average molecular weight is 402 g/mol. The SMILES string of the molecule is COCCn1nnnc1C1(N2CCOCC2)CCCN(C(=O)c2ncccn2)C1. The Morgan fingerprint density at radius 3 is 2.79 bits per heavy atom. The van der Waals surface area contributed by atoms with Crippen LogP contribution in [0.2, 0.25) is 0 Å². The first-order chi connectivity index (χ1) is 14.2. The van der Waals surface area contributed by atoms with E-state index in [0.29, 0.717) is 39.5 Å². The molecule has 0 radical (unpaired) electrons. The molecule has 4 heterocycles. The molecule has 11 nitrogen and oxygen atoms in total. The molecule has 2 aliphatic heterocycles. The maximum atomic E-state index is 13.1. The summed E-state index contributed by atoms with van der Waals surface area (Å²) in [5, 5.41) is 12.5. The van der Waals surface area contributed by atoms with E-state index in [1.807, 2.05) is 4.90 Å². The zero-order valence-electron chi connectivity index (χ0n) is 16.6. The van der Waals surface area contributed by atoms with Crippen LogP contribution in [0.15, 0.2) is 18.5 Å². The van der Waals surface area contributed by atoms with Gasteiger partial charge in [0.05, 0.1) is 26.4 Å². The van der Waals surface area contributed by atoms with E-state index in [2.05, 4.69) is 30.4 Å². The molecule has 2 aromatic heterocycles. The van der Waals surface area contributed by atoms with Crippen molar-refractivity contribution in [3.8, 4) is 0 Å². The molecule has 0 spiro atoms. The van der Waals surface area contributed by atoms with Crippen LogP contribution in [0.5, 0.6) is 0 Å². The van der Waals surface area contributed by atoms with Gasteiger partial charge < -0.3 is 14.4 Å². The number of carbonyl (C=O) groups excluding carboxylic acids is 1. The summed E-state index contributed by atoms with van der Waals surface area (Å²) in [5.74, 6) is 0.811. The quantitative estimate of drug-likeness (QED) is 0.635. The number of nitrogens with zero attached hydrogens (tertiary/aromatic N) is 8. The summed E-state index contributed by atoms with van der Waals surface area (Å²) < 4.78 is 12.6. The maximum Gasteiger partial charge on any atom is 0.291 e. The number of tetrazole rings is 1. The number of morpholine rings is 1. The topological polar surface area (TPSA) is 111 Å². The van der Waals surface area contributed by atoms with Gasteiger partial charge in [0.1, 0.15) is 5.54 Å². The monoisotopic (exact) mass is 402 g/mol. The van der Waals surface area contributed by atoms with Gasteiger partial charge in [-0.3, -0.25) is 9.69 Å². The lowest BCUT2D eigenvalue weighted by molar-refractivity contribution is -0.0574. The lowest BCUT2D eigenvalue weighted by Crippen LogP contribution is -2.61. The minimum absolute atomic E-state index is 0.168. The number of likely N-dealkylation sites (tertiary alicyclic amines) is 1. The Morgan fingerprint density at radius 2 is 2.03 bits per heavy atom. The first kappa shape index (κ1) is 19.8. The fourth-order valence-corrected chi connectivity index (χ4v) is 4.20. The van der Waals surface area contributed by atoms with Gasteiger partial charge in [0.2, 0.25) is 5.82 Å². The van der Waals surface area contributed by atoms with E-state index >= 15 is 0 Å². The number of piperidine rings is 1. The van der Waals surface area contributed by atoms with Crippen LogP contribution < -0.4 is 0 Å². The summed E-state index contributed by atoms with van der Waals surface area (Å²) in [5.41, 5.74) is -0.482. The molecule has 0 N–H and O–H groups in total. The normalized spacial score (nSPS) is 23.3. The molecule has 1 unspecified atom stereocenters. The van der Waals surface area contributed by atoms with Crippen molar-refractivity contribution in [1.82, 2.24) is 40.0 Å². The largest absolute Gasteiger partial charge is 0.383 e. The van der Waals surface area contributed by atoms with E-state index in [0.717, 1.165) is 31.8 Å². The molecule has 156 valence electrons. The van der Waals surface area contributed by atoms with E-state index in [4.69, 9.17) is 9.47 Å². The lowest BCUT2D eigenvalue weighted by atomic mass is 9.85. The molecular formula is C18H26N8O3. The number of aromatic nitrogens is 6. The number of amides is 1. The van der Waals surface area contributed by atoms with Crippen molar-refractivity contribution in [1.29, 1.82) is 0 Å². The third-order valence-electron chi connectivity index (χ3n) is 5.59. The Kier molecular flexibility index (Phi) is 6.07. The fourth-order valence-electron chi connectivity index (χ4n) is 4.20. The molecule has 0 aromatic carbocycles. The molecule has 2 aromatic rings. The molecule has 4 rings (SSSR count). The summed E-state index contributed by atoms with van der Waals surface area (Å²) in [6.45, 7) is 5.04. The third kappa shape index (κ3) is 3.98. The van der Waals surface area contributed by atoms with E-state index in [1.54, 1.807) is 30.3 Å². The van der Waals surface area contributed by atoms with Gasteiger partial charge in [0.25, 0.3) is 5.91 Å². The highest BCUT2D eigenvalue weighted by atomic mass is 16.5. The maximum absolute atomic E-state index is 13.1. The highest BCUT2D eigenvalue weighted by Gasteiger charge is 2.48. The van der Waals surface area contributed by atoms with Gasteiger partial charge in [-0.1, -0.05) is 0 Å². The van der Waals surface area contributed by atoms with Crippen molar-refractivity contribution in [2.45, 2.75) is 24.9 Å². The van der Waals surface area contributed by atoms with Crippen LogP contribution >= 0.6 is 0 Å². The predicted octanol–water partition coefficient (Wildman–Crippen LogP) is -0.427. The molecule has 2 fully saturated rings. The molecule has 0 bridgehead atoms. The molecule has 1 atom stereocenters. The number of rotatable bonds is 6. The van der Waals surface area contributed by atoms with Gasteiger partial charge in [-0.25, -0.2) is 14.6 Å². The van der Waals surface area contributed by atoms with Crippen LogP contribution in [0.1, 0.15) is 29.3 Å². The van der Waals surface area contributed by atoms with Crippen molar-refractivity contribution in [3.05, 3.63) is 30.1 Å². The standard InChI is InChI=1S/C18H26N8O3/c1-28-11-10-26-17(21-22-23-26)18(25-8-12-29-13-9-25)4-2-7-24(14-18)16(27)15-19-5-3-6-20-15/h3,5-6H,2,4,7-14H2,1H3. The fraction of sp³-hybridized carbons (Fsp3) is 0.667. The first-order valence-electron chi connectivity index (χ1n) is 9.89. The van der Waals surface area contributed by atoms with Gasteiger partial charge >= 0.3 is 0 Å². The van der Waals surface area contributed by atoms with Crippen LogP contribution in [0.4, 0.5) is 0 Å². The van der Waals surface area contributed by atoms with Crippen LogP contribution in [0.3, 0.4) is 0 Å². The summed E-state index contributed by atoms with van der Waals surface area (Å²) in [6.07, 6.45) is 4.88. The molecule has 2 aliphatic rings. The highest BCUT2D eigenvalue weighted by Crippen LogP contribution is 2.37. The molecule has 0 saturated carbocycles. The number of hydrogen-bond acceptors (Lipinski definition) is 9. The second kappa shape index (κ2) is 8.89. The van der Waals surface area contributed by atoms with E-state index < -0.39 is 5.54 Å². The highest BCUT2D eigenvalue weighted by molar-refractivity contribution is 5.90. The molecule has 2 saturated heterocycles. The summed E-state index contributed by atoms with van der Waals surface area (Å²) in [6, 6.07) is 1.70. The Morgan fingerprint density at radius 1 is 1.24 bits per heavy atom. The van der Waals surface area contributed by atoms with E-state index in [9.17, 15) is 4.79 Å². The number of hydrogen-bond donors (Lipinski definition) is 0. The number of carbonyl (C=O) groups is 1. The Labute approximate surface area is 169 Å². The minimum Gasteiger partial charge on any atom is -0.383 e. The smallest absolute Gasteiger partial charge is 0.291 e. The number of methoxy groups -OCH3 is 1. The van der Waals surface area contributed by atoms with Crippen molar-refractivity contribution in [2.24, 2.45) is 0 Å². The second-order valence-corrected chi connectivity index (χ2v) is 7.25. The van der Waals surface area contributed by atoms with E-state index in [1.165, 1.54) is 0 Å². The van der Waals surface area contributed by atoms with Crippen LogP contribution in [0, 0.1) is 0 Å². The number of ether oxygens (including phenoxy) is 2. The molecular weight excluding hydrogens is 376 g/mol. The van der Waals surface area contributed by atoms with Crippen molar-refractivity contribution in [3.63, 3.8) is 0 Å². The van der Waals surface area contributed by atoms with Crippen LogP contribution in [-0.4, -0.2) is 99.0 Å². The van der Waals surface area contributed by atoms with Gasteiger partial charge in [0, 0.05) is 45.7 Å². The average Bonchev–Trinajstić information content (AvgIpc) is 3.27. The zero-order chi connectivity index (χ0) is 20.1. The molecule has 29 heavy (non-hydrogen) atoms. The Bertz CT molecular complexity index is 810. The van der Waals surface area contributed by atoms with Crippen molar-refractivity contribution in [2.75, 3.05) is 53.1 Å². The van der Waals surface area contributed by atoms with Crippen molar-refractivity contribution >= 4 is 5.91 Å². The van der Waals surface area contributed by atoms with Gasteiger partial charge in [-0.05, 0) is 29.3 Å².